The summed E-state index contributed by atoms with van der Waals surface area (Å²) in [6.45, 7) is 2.67. The third-order valence-corrected chi connectivity index (χ3v) is 7.35. The van der Waals surface area contributed by atoms with Gasteiger partial charge >= 0.3 is 0 Å². The monoisotopic (exact) mass is 440 g/mol. The minimum Gasteiger partial charge on any atom is -0.483 e. The molecule has 0 saturated carbocycles. The first-order chi connectivity index (χ1) is 15.2. The molecule has 2 aromatic heterocycles. The highest BCUT2D eigenvalue weighted by Gasteiger charge is 2.41. The summed E-state index contributed by atoms with van der Waals surface area (Å²) in [5.41, 5.74) is 2.54. The van der Waals surface area contributed by atoms with Crippen LogP contribution in [0.1, 0.15) is 43.4 Å². The summed E-state index contributed by atoms with van der Waals surface area (Å²) in [4.78, 5) is 28.8. The van der Waals surface area contributed by atoms with Gasteiger partial charge in [0, 0.05) is 42.2 Å². The van der Waals surface area contributed by atoms with E-state index in [0.717, 1.165) is 50.3 Å². The largest absolute Gasteiger partial charge is 0.483 e. The van der Waals surface area contributed by atoms with E-state index in [2.05, 4.69) is 62.7 Å². The smallest absolute Gasteiger partial charge is 0.290 e. The van der Waals surface area contributed by atoms with Gasteiger partial charge in [0.1, 0.15) is 0 Å². The first kappa shape index (κ1) is 21.5. The van der Waals surface area contributed by atoms with Crippen LogP contribution in [0.2, 0.25) is 0 Å². The van der Waals surface area contributed by atoms with E-state index in [0.29, 0.717) is 12.5 Å². The van der Waals surface area contributed by atoms with Gasteiger partial charge in [0.2, 0.25) is 5.91 Å². The molecule has 2 aliphatic heterocycles. The van der Waals surface area contributed by atoms with Crippen molar-refractivity contribution >= 4 is 28.7 Å². The number of imidazole rings is 1. The van der Waals surface area contributed by atoms with Gasteiger partial charge in [-0.3, -0.25) is 14.0 Å². The molecular formula is C23H28N4O3S. The molecule has 2 N–H and O–H groups in total. The fourth-order valence-electron chi connectivity index (χ4n) is 4.95. The summed E-state index contributed by atoms with van der Waals surface area (Å²) in [7, 11) is 0. The summed E-state index contributed by atoms with van der Waals surface area (Å²) < 4.78 is 2.15. The number of likely N-dealkylation sites (tertiary alicyclic amines) is 1. The molecule has 3 aromatic rings. The van der Waals surface area contributed by atoms with Crippen LogP contribution in [0.5, 0.6) is 0 Å². The molecule has 0 radical (unpaired) electrons. The fourth-order valence-corrected chi connectivity index (χ4v) is 5.65. The summed E-state index contributed by atoms with van der Waals surface area (Å²) >= 11 is 1.69. The van der Waals surface area contributed by atoms with E-state index >= 15 is 0 Å². The van der Waals surface area contributed by atoms with Crippen LogP contribution in [-0.4, -0.2) is 57.4 Å². The number of piperidine rings is 1. The van der Waals surface area contributed by atoms with Crippen molar-refractivity contribution < 1.29 is 14.7 Å². The van der Waals surface area contributed by atoms with Crippen molar-refractivity contribution in [1.29, 1.82) is 0 Å². The van der Waals surface area contributed by atoms with Crippen LogP contribution in [0, 0.1) is 0 Å². The van der Waals surface area contributed by atoms with Crippen LogP contribution in [0.15, 0.2) is 48.1 Å². The maximum Gasteiger partial charge on any atom is 0.290 e. The first-order valence-corrected chi connectivity index (χ1v) is 11.6. The van der Waals surface area contributed by atoms with Crippen molar-refractivity contribution in [3.63, 3.8) is 0 Å². The Balaban J connectivity index is 0.000000730. The lowest BCUT2D eigenvalue weighted by Crippen LogP contribution is -2.47. The number of carboxylic acid groups (broad SMARTS) is 1. The molecule has 164 valence electrons. The Kier molecular flexibility index (Phi) is 6.67. The number of carbonyl (C=O) groups is 2. The Labute approximate surface area is 185 Å². The molecular weight excluding hydrogens is 412 g/mol. The quantitative estimate of drug-likeness (QED) is 0.611. The van der Waals surface area contributed by atoms with Crippen LogP contribution in [0.4, 0.5) is 0 Å². The number of amides is 1. The standard InChI is InChI=1S/C22H26N4OS.CH2O2/c27-20-7-6-18(8-11-23-20)25-12-9-22(10-13-25,17-4-2-1-3-5-17)19-16-26-14-15-28-21(26)24-19;2-1-3/h1-5,14-16,18H,6-13H2,(H,23,27);1H,(H,2,3). The van der Waals surface area contributed by atoms with E-state index in [4.69, 9.17) is 14.9 Å². The zero-order valence-corrected chi connectivity index (χ0v) is 18.3. The molecule has 1 atom stereocenters. The maximum atomic E-state index is 11.7. The molecule has 4 heterocycles. The summed E-state index contributed by atoms with van der Waals surface area (Å²) in [6.07, 6.45) is 9.15. The van der Waals surface area contributed by atoms with Crippen molar-refractivity contribution in [2.24, 2.45) is 0 Å². The van der Waals surface area contributed by atoms with Crippen molar-refractivity contribution in [2.75, 3.05) is 19.6 Å². The molecule has 0 aliphatic carbocycles. The minimum absolute atomic E-state index is 0.0255. The third-order valence-electron chi connectivity index (χ3n) is 6.58. The van der Waals surface area contributed by atoms with Gasteiger partial charge < -0.3 is 15.3 Å². The molecule has 0 spiro atoms. The number of benzene rings is 1. The maximum absolute atomic E-state index is 11.7. The summed E-state index contributed by atoms with van der Waals surface area (Å²) in [5, 5.41) is 12.0. The normalized spacial score (nSPS) is 21.5. The lowest BCUT2D eigenvalue weighted by Gasteiger charge is -2.44. The van der Waals surface area contributed by atoms with Crippen molar-refractivity contribution in [2.45, 2.75) is 43.6 Å². The van der Waals surface area contributed by atoms with Crippen molar-refractivity contribution in [3.05, 3.63) is 59.4 Å². The number of rotatable bonds is 3. The van der Waals surface area contributed by atoms with Gasteiger partial charge in [0.15, 0.2) is 4.96 Å². The number of nitrogens with zero attached hydrogens (tertiary/aromatic N) is 3. The second-order valence-electron chi connectivity index (χ2n) is 8.14. The van der Waals surface area contributed by atoms with E-state index in [1.807, 2.05) is 0 Å². The van der Waals surface area contributed by atoms with E-state index in [1.165, 1.54) is 11.3 Å². The summed E-state index contributed by atoms with van der Waals surface area (Å²) in [5.74, 6) is 0.205. The SMILES string of the molecule is O=C1CCC(N2CCC(c3ccccc3)(c3cn4ccsc4n3)CC2)CCN1.O=CO. The van der Waals surface area contributed by atoms with Gasteiger partial charge in [0.25, 0.3) is 6.47 Å². The average Bonchev–Trinajstić information content (AvgIpc) is 3.34. The highest BCUT2D eigenvalue weighted by molar-refractivity contribution is 7.15. The Morgan fingerprint density at radius 2 is 1.94 bits per heavy atom. The predicted octanol–water partition coefficient (Wildman–Crippen LogP) is 3.15. The second-order valence-corrected chi connectivity index (χ2v) is 9.01. The molecule has 2 fully saturated rings. The minimum atomic E-state index is -0.250. The molecule has 2 saturated heterocycles. The third kappa shape index (κ3) is 4.50. The lowest BCUT2D eigenvalue weighted by molar-refractivity contribution is -0.123. The topological polar surface area (TPSA) is 86.9 Å². The molecule has 1 aromatic carbocycles. The van der Waals surface area contributed by atoms with E-state index in [1.54, 1.807) is 11.3 Å². The van der Waals surface area contributed by atoms with Crippen molar-refractivity contribution in [1.82, 2.24) is 19.6 Å². The zero-order valence-electron chi connectivity index (χ0n) is 17.4. The van der Waals surface area contributed by atoms with Crippen LogP contribution in [-0.2, 0) is 15.0 Å². The molecule has 1 unspecified atom stereocenters. The molecule has 31 heavy (non-hydrogen) atoms. The van der Waals surface area contributed by atoms with E-state index in [9.17, 15) is 4.79 Å². The Morgan fingerprint density at radius 3 is 2.65 bits per heavy atom. The zero-order chi connectivity index (χ0) is 21.7. The van der Waals surface area contributed by atoms with Crippen LogP contribution in [0.25, 0.3) is 4.96 Å². The molecule has 5 rings (SSSR count). The van der Waals surface area contributed by atoms with Gasteiger partial charge in [-0.15, -0.1) is 11.3 Å². The van der Waals surface area contributed by atoms with E-state index in [-0.39, 0.29) is 17.8 Å². The van der Waals surface area contributed by atoms with Gasteiger partial charge in [-0.2, -0.15) is 0 Å². The Bertz CT molecular complexity index is 980. The van der Waals surface area contributed by atoms with Gasteiger partial charge in [-0.25, -0.2) is 4.98 Å². The molecule has 7 nitrogen and oxygen atoms in total. The van der Waals surface area contributed by atoms with Crippen LogP contribution >= 0.6 is 11.3 Å². The second kappa shape index (κ2) is 9.62. The number of thiazole rings is 1. The number of carbonyl (C=O) groups excluding carboxylic acids is 1. The number of hydrogen-bond acceptors (Lipinski definition) is 5. The fraction of sp³-hybridized carbons (Fsp3) is 0.435. The van der Waals surface area contributed by atoms with Gasteiger partial charge in [-0.1, -0.05) is 30.3 Å². The number of aromatic nitrogens is 2. The highest BCUT2D eigenvalue weighted by Crippen LogP contribution is 2.42. The van der Waals surface area contributed by atoms with Gasteiger partial charge in [0.05, 0.1) is 5.69 Å². The van der Waals surface area contributed by atoms with Crippen molar-refractivity contribution in [3.8, 4) is 0 Å². The molecule has 2 aliphatic rings. The van der Waals surface area contributed by atoms with Crippen LogP contribution in [0.3, 0.4) is 0 Å². The molecule has 0 bridgehead atoms. The highest BCUT2D eigenvalue weighted by atomic mass is 32.1. The number of nitrogens with one attached hydrogen (secondary N) is 1. The lowest BCUT2D eigenvalue weighted by atomic mass is 9.70. The summed E-state index contributed by atoms with van der Waals surface area (Å²) in [6, 6.07) is 11.4. The number of fused-ring (bicyclic) bond motifs is 1. The average molecular weight is 441 g/mol. The number of hydrogen-bond donors (Lipinski definition) is 2. The first-order valence-electron chi connectivity index (χ1n) is 10.7. The van der Waals surface area contributed by atoms with E-state index < -0.39 is 0 Å². The molecule has 8 heteroatoms. The van der Waals surface area contributed by atoms with Gasteiger partial charge in [-0.05, 0) is 44.3 Å². The van der Waals surface area contributed by atoms with Crippen LogP contribution < -0.4 is 5.32 Å². The Hall–Kier alpha value is -2.71. The predicted molar refractivity (Wildman–Crippen MR) is 120 cm³/mol. The Morgan fingerprint density at radius 1 is 1.19 bits per heavy atom. The molecule has 1 amide bonds.